The molecule has 2 aromatic carbocycles. The monoisotopic (exact) mass is 379 g/mol. The second kappa shape index (κ2) is 9.49. The molecule has 0 radical (unpaired) electrons. The van der Waals surface area contributed by atoms with Gasteiger partial charge in [-0.3, -0.25) is 0 Å². The zero-order valence-electron chi connectivity index (χ0n) is 14.4. The molecular formula is C19H22ClNO3S. The summed E-state index contributed by atoms with van der Waals surface area (Å²) in [7, 11) is 0. The molecule has 4 nitrogen and oxygen atoms in total. The Bertz CT molecular complexity index is 719. The van der Waals surface area contributed by atoms with Gasteiger partial charge in [0.1, 0.15) is 24.0 Å². The zero-order valence-corrected chi connectivity index (χ0v) is 16.0. The van der Waals surface area contributed by atoms with Crippen LogP contribution >= 0.6 is 23.8 Å². The largest absolute Gasteiger partial charge is 0.490 e. The van der Waals surface area contributed by atoms with Crippen LogP contribution in [0.2, 0.25) is 5.02 Å². The highest BCUT2D eigenvalue weighted by atomic mass is 35.5. The first-order chi connectivity index (χ1) is 12.0. The Morgan fingerprint density at radius 3 is 2.32 bits per heavy atom. The van der Waals surface area contributed by atoms with E-state index in [0.717, 1.165) is 12.2 Å². The van der Waals surface area contributed by atoms with E-state index in [9.17, 15) is 0 Å². The third-order valence-electron chi connectivity index (χ3n) is 3.52. The molecule has 25 heavy (non-hydrogen) atoms. The number of thiocarbonyl (C=S) groups is 1. The van der Waals surface area contributed by atoms with E-state index in [1.54, 1.807) is 12.1 Å². The molecule has 0 atom stereocenters. The van der Waals surface area contributed by atoms with Crippen LogP contribution in [-0.4, -0.2) is 24.8 Å². The summed E-state index contributed by atoms with van der Waals surface area (Å²) in [4.78, 5) is 0.258. The van der Waals surface area contributed by atoms with Crippen molar-refractivity contribution >= 4 is 28.8 Å². The van der Waals surface area contributed by atoms with Gasteiger partial charge in [0.05, 0.1) is 11.6 Å². The molecule has 0 aliphatic heterocycles. The van der Waals surface area contributed by atoms with Crippen molar-refractivity contribution in [1.29, 1.82) is 0 Å². The highest BCUT2D eigenvalue weighted by Crippen LogP contribution is 2.36. The first kappa shape index (κ1) is 19.3. The Kier molecular flexibility index (Phi) is 7.34. The fourth-order valence-electron chi connectivity index (χ4n) is 2.24. The number of hydrogen-bond acceptors (Lipinski definition) is 4. The summed E-state index contributed by atoms with van der Waals surface area (Å²) in [5.41, 5.74) is 7.58. The van der Waals surface area contributed by atoms with Gasteiger partial charge in [-0.1, -0.05) is 42.9 Å². The predicted molar refractivity (Wildman–Crippen MR) is 105 cm³/mol. The van der Waals surface area contributed by atoms with Crippen LogP contribution in [0.1, 0.15) is 25.0 Å². The van der Waals surface area contributed by atoms with E-state index in [1.807, 2.05) is 19.1 Å². The molecule has 2 aromatic rings. The quantitative estimate of drug-likeness (QED) is 0.517. The standard InChI is InChI=1S/C19H22ClNO3S/c1-3-13-5-7-15(8-6-13)23-9-10-24-18-16(20)11-14(19(21)25)12-17(18)22-4-2/h5-8,11-12H,3-4,9-10H2,1-2H3,(H2,21,25). The smallest absolute Gasteiger partial charge is 0.179 e. The lowest BCUT2D eigenvalue weighted by atomic mass is 10.2. The average Bonchev–Trinajstić information content (AvgIpc) is 2.60. The Balaban J connectivity index is 1.98. The maximum atomic E-state index is 6.28. The van der Waals surface area contributed by atoms with Gasteiger partial charge in [0, 0.05) is 5.56 Å². The maximum absolute atomic E-state index is 6.28. The second-order valence-electron chi connectivity index (χ2n) is 5.28. The van der Waals surface area contributed by atoms with Crippen molar-refractivity contribution in [1.82, 2.24) is 0 Å². The molecule has 0 saturated heterocycles. The van der Waals surface area contributed by atoms with Crippen LogP contribution in [0.5, 0.6) is 17.2 Å². The normalized spacial score (nSPS) is 10.4. The van der Waals surface area contributed by atoms with Crippen LogP contribution in [0.25, 0.3) is 0 Å². The number of nitrogens with two attached hydrogens (primary N) is 1. The average molecular weight is 380 g/mol. The molecule has 0 heterocycles. The van der Waals surface area contributed by atoms with Crippen LogP contribution in [0.3, 0.4) is 0 Å². The van der Waals surface area contributed by atoms with Gasteiger partial charge >= 0.3 is 0 Å². The van der Waals surface area contributed by atoms with Crippen molar-refractivity contribution in [3.63, 3.8) is 0 Å². The van der Waals surface area contributed by atoms with Gasteiger partial charge in [-0.2, -0.15) is 0 Å². The van der Waals surface area contributed by atoms with Crippen LogP contribution < -0.4 is 19.9 Å². The van der Waals surface area contributed by atoms with Crippen LogP contribution in [0.4, 0.5) is 0 Å². The molecule has 0 fully saturated rings. The minimum absolute atomic E-state index is 0.258. The molecule has 0 aromatic heterocycles. The van der Waals surface area contributed by atoms with Crippen molar-refractivity contribution in [3.05, 3.63) is 52.5 Å². The van der Waals surface area contributed by atoms with Crippen molar-refractivity contribution < 1.29 is 14.2 Å². The summed E-state index contributed by atoms with van der Waals surface area (Å²) in [5, 5.41) is 0.404. The van der Waals surface area contributed by atoms with Crippen LogP contribution in [0, 0.1) is 0 Å². The lowest BCUT2D eigenvalue weighted by Crippen LogP contribution is -2.12. The summed E-state index contributed by atoms with van der Waals surface area (Å²) < 4.78 is 17.0. The highest BCUT2D eigenvalue weighted by molar-refractivity contribution is 7.80. The van der Waals surface area contributed by atoms with Gasteiger partial charge in [0.25, 0.3) is 0 Å². The number of halogens is 1. The van der Waals surface area contributed by atoms with Crippen molar-refractivity contribution in [2.45, 2.75) is 20.3 Å². The van der Waals surface area contributed by atoms with Crippen molar-refractivity contribution in [2.75, 3.05) is 19.8 Å². The second-order valence-corrected chi connectivity index (χ2v) is 6.12. The third kappa shape index (κ3) is 5.51. The molecule has 0 spiro atoms. The molecule has 0 unspecified atom stereocenters. The third-order valence-corrected chi connectivity index (χ3v) is 4.04. The fourth-order valence-corrected chi connectivity index (χ4v) is 2.62. The molecule has 0 saturated carbocycles. The summed E-state index contributed by atoms with van der Waals surface area (Å²) in [6.45, 7) is 5.21. The van der Waals surface area contributed by atoms with Crippen LogP contribution in [0.15, 0.2) is 36.4 Å². The van der Waals surface area contributed by atoms with E-state index < -0.39 is 0 Å². The van der Waals surface area contributed by atoms with Gasteiger partial charge < -0.3 is 19.9 Å². The Morgan fingerprint density at radius 2 is 1.72 bits per heavy atom. The minimum Gasteiger partial charge on any atom is -0.490 e. The molecule has 0 aliphatic rings. The van der Waals surface area contributed by atoms with Gasteiger partial charge in [-0.05, 0) is 43.2 Å². The van der Waals surface area contributed by atoms with Gasteiger partial charge in [-0.15, -0.1) is 0 Å². The van der Waals surface area contributed by atoms with Gasteiger partial charge in [-0.25, -0.2) is 0 Å². The number of ether oxygens (including phenoxy) is 3. The SMILES string of the molecule is CCOc1cc(C(N)=S)cc(Cl)c1OCCOc1ccc(CC)cc1. The van der Waals surface area contributed by atoms with E-state index >= 15 is 0 Å². The molecule has 0 amide bonds. The van der Waals surface area contributed by atoms with E-state index in [1.165, 1.54) is 5.56 Å². The molecule has 2 rings (SSSR count). The predicted octanol–water partition coefficient (Wildman–Crippen LogP) is 4.39. The Labute approximate surface area is 158 Å². The summed E-state index contributed by atoms with van der Waals surface area (Å²) in [6.07, 6.45) is 1.00. The van der Waals surface area contributed by atoms with Crippen LogP contribution in [-0.2, 0) is 6.42 Å². The Hall–Kier alpha value is -1.98. The summed E-state index contributed by atoms with van der Waals surface area (Å²) in [5.74, 6) is 1.79. The summed E-state index contributed by atoms with van der Waals surface area (Å²) in [6, 6.07) is 11.4. The molecule has 134 valence electrons. The van der Waals surface area contributed by atoms with Crippen molar-refractivity contribution in [3.8, 4) is 17.2 Å². The number of aryl methyl sites for hydroxylation is 1. The number of benzene rings is 2. The molecular weight excluding hydrogens is 358 g/mol. The van der Waals surface area contributed by atoms with E-state index in [4.69, 9.17) is 43.8 Å². The molecule has 2 N–H and O–H groups in total. The first-order valence-electron chi connectivity index (χ1n) is 8.15. The lowest BCUT2D eigenvalue weighted by molar-refractivity contribution is 0.208. The van der Waals surface area contributed by atoms with Crippen molar-refractivity contribution in [2.24, 2.45) is 5.73 Å². The lowest BCUT2D eigenvalue weighted by Gasteiger charge is -2.15. The van der Waals surface area contributed by atoms with Gasteiger partial charge in [0.2, 0.25) is 0 Å². The molecule has 0 aliphatic carbocycles. The summed E-state index contributed by atoms with van der Waals surface area (Å²) >= 11 is 11.3. The first-order valence-corrected chi connectivity index (χ1v) is 8.94. The van der Waals surface area contributed by atoms with E-state index in [2.05, 4.69) is 19.1 Å². The topological polar surface area (TPSA) is 53.7 Å². The Morgan fingerprint density at radius 1 is 1.04 bits per heavy atom. The minimum atomic E-state index is 0.258. The fraction of sp³-hybridized carbons (Fsp3) is 0.316. The molecule has 6 heteroatoms. The van der Waals surface area contributed by atoms with Gasteiger partial charge in [0.15, 0.2) is 11.5 Å². The van der Waals surface area contributed by atoms with E-state index in [-0.39, 0.29) is 4.99 Å². The number of hydrogen-bond donors (Lipinski definition) is 1. The highest BCUT2D eigenvalue weighted by Gasteiger charge is 2.14. The van der Waals surface area contributed by atoms with E-state index in [0.29, 0.717) is 41.9 Å². The maximum Gasteiger partial charge on any atom is 0.179 e. The zero-order chi connectivity index (χ0) is 18.2. The molecule has 0 bridgehead atoms. The number of rotatable bonds is 9.